The second-order valence-corrected chi connectivity index (χ2v) is 10.2. The highest BCUT2D eigenvalue weighted by Gasteiger charge is 2.23. The first-order valence-electron chi connectivity index (χ1n) is 14.7. The maximum Gasteiger partial charge on any atom is 0.514 e. The number of carboxylic acid groups (broad SMARTS) is 1. The molecule has 3 unspecified atom stereocenters. The molecule has 1 aromatic rings. The van der Waals surface area contributed by atoms with Crippen LogP contribution in [0.5, 0.6) is 11.5 Å². The Balaban J connectivity index is 2.95. The molecule has 0 saturated carbocycles. The summed E-state index contributed by atoms with van der Waals surface area (Å²) in [6, 6.07) is 3.25. The van der Waals surface area contributed by atoms with Crippen molar-refractivity contribution >= 4 is 24.4 Å². The van der Waals surface area contributed by atoms with Crippen LogP contribution in [0.4, 0.5) is 14.4 Å². The summed E-state index contributed by atoms with van der Waals surface area (Å²) in [5.74, 6) is -1.37. The fraction of sp³-hybridized carbons (Fsp3) is 0.667. The largest absolute Gasteiger partial charge is 0.514 e. The van der Waals surface area contributed by atoms with E-state index >= 15 is 0 Å². The Morgan fingerprint density at radius 2 is 1.33 bits per heavy atom. The van der Waals surface area contributed by atoms with Gasteiger partial charge in [0.05, 0.1) is 6.61 Å². The molecule has 0 spiro atoms. The average Bonchev–Trinajstić information content (AvgIpc) is 2.90. The van der Waals surface area contributed by atoms with Crippen molar-refractivity contribution in [3.63, 3.8) is 0 Å². The van der Waals surface area contributed by atoms with E-state index in [-0.39, 0.29) is 37.2 Å². The van der Waals surface area contributed by atoms with E-state index in [1.165, 1.54) is 12.1 Å². The molecule has 0 bridgehead atoms. The lowest BCUT2D eigenvalue weighted by atomic mass is 10.0. The summed E-state index contributed by atoms with van der Waals surface area (Å²) < 4.78 is 31.3. The molecule has 0 aliphatic heterocycles. The van der Waals surface area contributed by atoms with Crippen molar-refractivity contribution in [2.45, 2.75) is 117 Å². The summed E-state index contributed by atoms with van der Waals surface area (Å²) in [6.45, 7) is 11.3. The van der Waals surface area contributed by atoms with E-state index in [4.69, 9.17) is 28.4 Å². The highest BCUT2D eigenvalue weighted by molar-refractivity contribution is 5.74. The molecule has 12 nitrogen and oxygen atoms in total. The van der Waals surface area contributed by atoms with Crippen molar-refractivity contribution in [3.05, 3.63) is 23.8 Å². The Kier molecular flexibility index (Phi) is 17.7. The smallest absolute Gasteiger partial charge is 0.480 e. The number of carboxylic acids is 1. The minimum atomic E-state index is -1.14. The molecule has 42 heavy (non-hydrogen) atoms. The van der Waals surface area contributed by atoms with Gasteiger partial charge in [-0.3, -0.25) is 4.79 Å². The highest BCUT2D eigenvalue weighted by Crippen LogP contribution is 2.30. The molecule has 0 saturated heterocycles. The van der Waals surface area contributed by atoms with E-state index in [1.54, 1.807) is 26.8 Å². The zero-order valence-electron chi connectivity index (χ0n) is 25.6. The monoisotopic (exact) mass is 597 g/mol. The maximum absolute atomic E-state index is 12.4. The fourth-order valence-corrected chi connectivity index (χ4v) is 3.87. The minimum Gasteiger partial charge on any atom is -0.480 e. The molecular formula is C30H47NO11. The van der Waals surface area contributed by atoms with Gasteiger partial charge in [-0.1, -0.05) is 52.5 Å². The maximum atomic E-state index is 12.4. The number of rotatable bonds is 19. The van der Waals surface area contributed by atoms with E-state index in [0.29, 0.717) is 18.4 Å². The molecule has 0 aliphatic rings. The lowest BCUT2D eigenvalue weighted by Gasteiger charge is -2.19. The van der Waals surface area contributed by atoms with Crippen LogP contribution in [0.2, 0.25) is 0 Å². The summed E-state index contributed by atoms with van der Waals surface area (Å²) in [7, 11) is 0. The number of hydrogen-bond donors (Lipinski definition) is 2. The van der Waals surface area contributed by atoms with Gasteiger partial charge in [0.15, 0.2) is 11.5 Å². The lowest BCUT2D eigenvalue weighted by molar-refractivity contribution is -0.139. The molecule has 0 aromatic heterocycles. The van der Waals surface area contributed by atoms with Gasteiger partial charge in [-0.05, 0) is 64.2 Å². The van der Waals surface area contributed by atoms with E-state index in [9.17, 15) is 24.3 Å². The van der Waals surface area contributed by atoms with E-state index in [2.05, 4.69) is 5.32 Å². The summed E-state index contributed by atoms with van der Waals surface area (Å²) >= 11 is 0. The summed E-state index contributed by atoms with van der Waals surface area (Å²) in [4.78, 5) is 48.5. The van der Waals surface area contributed by atoms with Crippen LogP contribution in [0.25, 0.3) is 0 Å². The molecule has 0 radical (unpaired) electrons. The highest BCUT2D eigenvalue weighted by atomic mass is 16.8. The Labute approximate surface area is 248 Å². The zero-order chi connectivity index (χ0) is 31.5. The van der Waals surface area contributed by atoms with Crippen LogP contribution in [0, 0.1) is 0 Å². The molecule has 2 N–H and O–H groups in total. The summed E-state index contributed by atoms with van der Waals surface area (Å²) in [5.41, 5.74) is 0.461. The molecule has 0 aliphatic carbocycles. The molecule has 1 aromatic carbocycles. The Hall–Kier alpha value is -3.54. The molecular weight excluding hydrogens is 550 g/mol. The van der Waals surface area contributed by atoms with Gasteiger partial charge in [0.25, 0.3) is 0 Å². The Morgan fingerprint density at radius 3 is 1.88 bits per heavy atom. The molecule has 238 valence electrons. The van der Waals surface area contributed by atoms with E-state index in [1.807, 2.05) is 20.8 Å². The number of nitrogens with one attached hydrogen (secondary N) is 1. The first-order valence-corrected chi connectivity index (χ1v) is 14.7. The normalized spacial score (nSPS) is 13.7. The van der Waals surface area contributed by atoms with Crippen molar-refractivity contribution in [2.75, 3.05) is 13.2 Å². The van der Waals surface area contributed by atoms with Crippen LogP contribution in [-0.2, 0) is 30.2 Å². The number of aliphatic carboxylic acids is 1. The molecule has 0 fully saturated rings. The van der Waals surface area contributed by atoms with Crippen LogP contribution >= 0.6 is 0 Å². The van der Waals surface area contributed by atoms with Gasteiger partial charge in [-0.2, -0.15) is 0 Å². The number of ether oxygens (including phenoxy) is 6. The number of hydrogen-bond acceptors (Lipinski definition) is 11. The second kappa shape index (κ2) is 20.4. The van der Waals surface area contributed by atoms with Gasteiger partial charge < -0.3 is 38.8 Å². The van der Waals surface area contributed by atoms with Crippen molar-refractivity contribution in [1.82, 2.24) is 5.32 Å². The number of unbranched alkanes of at least 4 members (excludes halogenated alkanes) is 2. The molecule has 0 amide bonds. The third kappa shape index (κ3) is 15.5. The van der Waals surface area contributed by atoms with Crippen molar-refractivity contribution in [3.8, 4) is 11.5 Å². The fourth-order valence-electron chi connectivity index (χ4n) is 3.87. The Bertz CT molecular complexity index is 984. The van der Waals surface area contributed by atoms with E-state index < -0.39 is 42.7 Å². The van der Waals surface area contributed by atoms with Crippen LogP contribution in [0.3, 0.4) is 0 Å². The zero-order valence-corrected chi connectivity index (χ0v) is 25.6. The van der Waals surface area contributed by atoms with Gasteiger partial charge in [0.2, 0.25) is 0 Å². The van der Waals surface area contributed by atoms with Gasteiger partial charge in [-0.25, -0.2) is 14.4 Å². The standard InChI is InChI=1S/C30H47NO11/c1-7-10-11-16-37-28(34)40-22(6)19-31-24(27(32)33)17-23-14-15-25(41-29(35)38-20(4)12-8-2)26(18-23)42-30(36)39-21(5)13-9-3/h14-15,18,20-22,24,31H,7-13,16-17,19H2,1-6H3,(H,32,33)/t20?,21?,22?,24-/m0/s1. The van der Waals surface area contributed by atoms with Crippen LogP contribution in [-0.4, -0.2) is 67.0 Å². The van der Waals surface area contributed by atoms with Gasteiger partial charge in [-0.15, -0.1) is 0 Å². The third-order valence-electron chi connectivity index (χ3n) is 6.03. The van der Waals surface area contributed by atoms with Gasteiger partial charge in [0.1, 0.15) is 24.4 Å². The van der Waals surface area contributed by atoms with Crippen LogP contribution < -0.4 is 14.8 Å². The quantitative estimate of drug-likeness (QED) is 0.0783. The second-order valence-electron chi connectivity index (χ2n) is 10.2. The number of carbonyl (C=O) groups excluding carboxylic acids is 3. The molecule has 1 rings (SSSR count). The first-order chi connectivity index (χ1) is 20.0. The summed E-state index contributed by atoms with van der Waals surface area (Å²) in [6.07, 6.45) is 1.33. The molecule has 0 heterocycles. The van der Waals surface area contributed by atoms with Crippen LogP contribution in [0.15, 0.2) is 18.2 Å². The minimum absolute atomic E-state index is 0.0284. The Morgan fingerprint density at radius 1 is 0.762 bits per heavy atom. The van der Waals surface area contributed by atoms with Gasteiger partial charge >= 0.3 is 24.4 Å². The van der Waals surface area contributed by atoms with Crippen molar-refractivity contribution in [2.24, 2.45) is 0 Å². The molecule has 4 atom stereocenters. The average molecular weight is 598 g/mol. The predicted octanol–water partition coefficient (Wildman–Crippen LogP) is 6.41. The van der Waals surface area contributed by atoms with E-state index in [0.717, 1.165) is 32.1 Å². The van der Waals surface area contributed by atoms with Crippen molar-refractivity contribution in [1.29, 1.82) is 0 Å². The summed E-state index contributed by atoms with van der Waals surface area (Å²) in [5, 5.41) is 12.6. The predicted molar refractivity (Wildman–Crippen MR) is 154 cm³/mol. The van der Waals surface area contributed by atoms with Gasteiger partial charge in [0, 0.05) is 6.54 Å². The number of benzene rings is 1. The molecule has 12 heteroatoms. The SMILES string of the molecule is CCCCCOC(=O)OC(C)CN[C@@H](Cc1ccc(OC(=O)OC(C)CCC)c(OC(=O)OC(C)CCC)c1)C(=O)O. The number of carbonyl (C=O) groups is 4. The van der Waals surface area contributed by atoms with Crippen LogP contribution in [0.1, 0.15) is 92.1 Å². The topological polar surface area (TPSA) is 156 Å². The lowest BCUT2D eigenvalue weighted by Crippen LogP contribution is -2.42. The first kappa shape index (κ1) is 36.5. The van der Waals surface area contributed by atoms with Crippen molar-refractivity contribution < 1.29 is 52.7 Å². The third-order valence-corrected chi connectivity index (χ3v) is 6.03.